The molecule has 20 heavy (non-hydrogen) atoms. The van der Waals surface area contributed by atoms with E-state index in [1.807, 2.05) is 0 Å². The van der Waals surface area contributed by atoms with E-state index in [1.165, 1.54) is 12.1 Å². The zero-order valence-corrected chi connectivity index (χ0v) is 11.7. The molecule has 108 valence electrons. The Morgan fingerprint density at radius 2 is 1.95 bits per heavy atom. The maximum Gasteiger partial charge on any atom is 0.256 e. The van der Waals surface area contributed by atoms with Crippen molar-refractivity contribution in [3.63, 3.8) is 0 Å². The van der Waals surface area contributed by atoms with Gasteiger partial charge in [-0.15, -0.1) is 11.6 Å². The molecule has 1 heterocycles. The third-order valence-electron chi connectivity index (χ3n) is 3.37. The molecule has 0 saturated carbocycles. The molecule has 0 spiro atoms. The Hall–Kier alpha value is -1.62. The molecule has 0 aromatic heterocycles. The van der Waals surface area contributed by atoms with Crippen molar-refractivity contribution < 1.29 is 14.0 Å². The number of amides is 2. The SMILES string of the molecule is O=C(CCl)NC1CCN(C(=O)c2ccccc2F)CC1. The van der Waals surface area contributed by atoms with Gasteiger partial charge in [-0.25, -0.2) is 4.39 Å². The van der Waals surface area contributed by atoms with Crippen LogP contribution in [-0.4, -0.2) is 41.7 Å². The quantitative estimate of drug-likeness (QED) is 0.865. The van der Waals surface area contributed by atoms with E-state index in [0.717, 1.165) is 0 Å². The van der Waals surface area contributed by atoms with E-state index >= 15 is 0 Å². The van der Waals surface area contributed by atoms with Crippen LogP contribution in [0, 0.1) is 5.82 Å². The van der Waals surface area contributed by atoms with Crippen molar-refractivity contribution in [3.05, 3.63) is 35.6 Å². The molecule has 0 unspecified atom stereocenters. The van der Waals surface area contributed by atoms with E-state index in [0.29, 0.717) is 25.9 Å². The van der Waals surface area contributed by atoms with Crippen LogP contribution in [0.25, 0.3) is 0 Å². The van der Waals surface area contributed by atoms with Crippen LogP contribution in [0.2, 0.25) is 0 Å². The second-order valence-corrected chi connectivity index (χ2v) is 5.01. The molecular formula is C14H16ClFN2O2. The summed E-state index contributed by atoms with van der Waals surface area (Å²) >= 11 is 5.43. The summed E-state index contributed by atoms with van der Waals surface area (Å²) in [6.45, 7) is 1.00. The number of hydrogen-bond acceptors (Lipinski definition) is 2. The molecule has 0 atom stereocenters. The second-order valence-electron chi connectivity index (χ2n) is 4.75. The minimum atomic E-state index is -0.505. The lowest BCUT2D eigenvalue weighted by Crippen LogP contribution is -2.47. The third kappa shape index (κ3) is 3.48. The van der Waals surface area contributed by atoms with Crippen molar-refractivity contribution in [1.82, 2.24) is 10.2 Å². The van der Waals surface area contributed by atoms with Gasteiger partial charge in [0.15, 0.2) is 0 Å². The van der Waals surface area contributed by atoms with Gasteiger partial charge in [0.1, 0.15) is 11.7 Å². The third-order valence-corrected chi connectivity index (χ3v) is 3.62. The van der Waals surface area contributed by atoms with Gasteiger partial charge in [0.25, 0.3) is 5.91 Å². The zero-order chi connectivity index (χ0) is 14.5. The summed E-state index contributed by atoms with van der Waals surface area (Å²) in [7, 11) is 0. The Bertz CT molecular complexity index is 502. The number of benzene rings is 1. The van der Waals surface area contributed by atoms with E-state index in [2.05, 4.69) is 5.32 Å². The molecule has 1 aliphatic heterocycles. The number of rotatable bonds is 3. The lowest BCUT2D eigenvalue weighted by atomic mass is 10.0. The molecule has 0 bridgehead atoms. The predicted molar refractivity (Wildman–Crippen MR) is 74.2 cm³/mol. The number of carbonyl (C=O) groups excluding carboxylic acids is 2. The van der Waals surface area contributed by atoms with Crippen molar-refractivity contribution in [1.29, 1.82) is 0 Å². The molecule has 2 amide bonds. The van der Waals surface area contributed by atoms with Gasteiger partial charge in [-0.2, -0.15) is 0 Å². The Kier molecular flexibility index (Phi) is 4.95. The van der Waals surface area contributed by atoms with Gasteiger partial charge in [0.2, 0.25) is 5.91 Å². The number of hydrogen-bond donors (Lipinski definition) is 1. The lowest BCUT2D eigenvalue weighted by molar-refractivity contribution is -0.119. The molecular weight excluding hydrogens is 283 g/mol. The van der Waals surface area contributed by atoms with Crippen molar-refractivity contribution in [3.8, 4) is 0 Å². The Morgan fingerprint density at radius 3 is 2.55 bits per heavy atom. The predicted octanol–water partition coefficient (Wildman–Crippen LogP) is 1.79. The smallest absolute Gasteiger partial charge is 0.256 e. The number of likely N-dealkylation sites (tertiary alicyclic amines) is 1. The second kappa shape index (κ2) is 6.70. The minimum absolute atomic E-state index is 0.0333. The van der Waals surface area contributed by atoms with Crippen LogP contribution >= 0.6 is 11.6 Å². The Balaban J connectivity index is 1.92. The van der Waals surface area contributed by atoms with Gasteiger partial charge in [-0.1, -0.05) is 12.1 Å². The summed E-state index contributed by atoms with van der Waals surface area (Å²) in [5.74, 6) is -1.07. The molecule has 6 heteroatoms. The number of halogens is 2. The number of nitrogens with one attached hydrogen (secondary N) is 1. The maximum atomic E-state index is 13.6. The topological polar surface area (TPSA) is 49.4 Å². The number of alkyl halides is 1. The van der Waals surface area contributed by atoms with Crippen LogP contribution in [-0.2, 0) is 4.79 Å². The van der Waals surface area contributed by atoms with Gasteiger partial charge in [0.05, 0.1) is 5.56 Å². The average Bonchev–Trinajstić information content (AvgIpc) is 2.47. The van der Waals surface area contributed by atoms with Crippen molar-refractivity contribution in [2.75, 3.05) is 19.0 Å². The molecule has 1 aromatic rings. The van der Waals surface area contributed by atoms with Gasteiger partial charge < -0.3 is 10.2 Å². The number of nitrogens with zero attached hydrogens (tertiary/aromatic N) is 1. The fourth-order valence-corrected chi connectivity index (χ4v) is 2.38. The normalized spacial score (nSPS) is 16.0. The summed E-state index contributed by atoms with van der Waals surface area (Å²) < 4.78 is 13.6. The molecule has 0 radical (unpaired) electrons. The summed E-state index contributed by atoms with van der Waals surface area (Å²) in [5.41, 5.74) is 0.0933. The summed E-state index contributed by atoms with van der Waals surface area (Å²) in [4.78, 5) is 25.0. The highest BCUT2D eigenvalue weighted by Crippen LogP contribution is 2.16. The highest BCUT2D eigenvalue weighted by molar-refractivity contribution is 6.27. The molecule has 0 aliphatic carbocycles. The first-order valence-electron chi connectivity index (χ1n) is 6.51. The molecule has 1 saturated heterocycles. The van der Waals surface area contributed by atoms with Gasteiger partial charge >= 0.3 is 0 Å². The van der Waals surface area contributed by atoms with E-state index < -0.39 is 5.82 Å². The fourth-order valence-electron chi connectivity index (χ4n) is 2.30. The Morgan fingerprint density at radius 1 is 1.30 bits per heavy atom. The molecule has 1 aromatic carbocycles. The van der Waals surface area contributed by atoms with Crippen LogP contribution in [0.5, 0.6) is 0 Å². The molecule has 1 N–H and O–H groups in total. The molecule has 1 aliphatic rings. The van der Waals surface area contributed by atoms with Crippen molar-refractivity contribution in [2.45, 2.75) is 18.9 Å². The highest BCUT2D eigenvalue weighted by atomic mass is 35.5. The van der Waals surface area contributed by atoms with Crippen LogP contribution < -0.4 is 5.32 Å². The van der Waals surface area contributed by atoms with E-state index in [4.69, 9.17) is 11.6 Å². The fraction of sp³-hybridized carbons (Fsp3) is 0.429. The van der Waals surface area contributed by atoms with Crippen LogP contribution in [0.15, 0.2) is 24.3 Å². The molecule has 4 nitrogen and oxygen atoms in total. The largest absolute Gasteiger partial charge is 0.352 e. The van der Waals surface area contributed by atoms with Crippen LogP contribution in [0.4, 0.5) is 4.39 Å². The highest BCUT2D eigenvalue weighted by Gasteiger charge is 2.25. The average molecular weight is 299 g/mol. The van der Waals surface area contributed by atoms with Gasteiger partial charge in [-0.3, -0.25) is 9.59 Å². The first-order valence-corrected chi connectivity index (χ1v) is 7.04. The number of piperidine rings is 1. The lowest BCUT2D eigenvalue weighted by Gasteiger charge is -2.32. The monoisotopic (exact) mass is 298 g/mol. The summed E-state index contributed by atoms with van der Waals surface area (Å²) in [5, 5.41) is 2.80. The summed E-state index contributed by atoms with van der Waals surface area (Å²) in [6, 6.07) is 6.00. The van der Waals surface area contributed by atoms with Crippen molar-refractivity contribution >= 4 is 23.4 Å². The van der Waals surface area contributed by atoms with E-state index in [9.17, 15) is 14.0 Å². The van der Waals surface area contributed by atoms with Crippen LogP contribution in [0.3, 0.4) is 0 Å². The first kappa shape index (κ1) is 14.8. The van der Waals surface area contributed by atoms with Gasteiger partial charge in [0, 0.05) is 19.1 Å². The molecule has 2 rings (SSSR count). The zero-order valence-electron chi connectivity index (χ0n) is 10.9. The number of carbonyl (C=O) groups is 2. The molecule has 1 fully saturated rings. The van der Waals surface area contributed by atoms with Crippen molar-refractivity contribution in [2.24, 2.45) is 0 Å². The van der Waals surface area contributed by atoms with Crippen LogP contribution in [0.1, 0.15) is 23.2 Å². The maximum absolute atomic E-state index is 13.6. The van der Waals surface area contributed by atoms with E-state index in [-0.39, 0.29) is 29.3 Å². The minimum Gasteiger partial charge on any atom is -0.352 e. The van der Waals surface area contributed by atoms with E-state index in [1.54, 1.807) is 17.0 Å². The Labute approximate surface area is 121 Å². The first-order chi connectivity index (χ1) is 9.61. The summed E-state index contributed by atoms with van der Waals surface area (Å²) in [6.07, 6.45) is 1.31. The standard InChI is InChI=1S/C14H16ClFN2O2/c15-9-13(19)17-10-5-7-18(8-6-10)14(20)11-3-1-2-4-12(11)16/h1-4,10H,5-9H2,(H,17,19). The van der Waals surface area contributed by atoms with Gasteiger partial charge in [-0.05, 0) is 25.0 Å².